The highest BCUT2D eigenvalue weighted by atomic mass is 35.5. The fourth-order valence-corrected chi connectivity index (χ4v) is 4.72. The monoisotopic (exact) mass is 499 g/mol. The number of benzene rings is 2. The number of hydrogen-bond donors (Lipinski definition) is 2. The summed E-state index contributed by atoms with van der Waals surface area (Å²) in [5.74, 6) is -2.22. The zero-order valence-corrected chi connectivity index (χ0v) is 20.5. The third kappa shape index (κ3) is 6.21. The molecule has 0 fully saturated rings. The van der Waals surface area contributed by atoms with Crippen molar-refractivity contribution in [3.63, 3.8) is 0 Å². The Bertz CT molecular complexity index is 1150. The van der Waals surface area contributed by atoms with E-state index in [-0.39, 0.29) is 12.8 Å². The van der Waals surface area contributed by atoms with E-state index in [0.717, 1.165) is 16.1 Å². The van der Waals surface area contributed by atoms with E-state index in [0.29, 0.717) is 17.0 Å². The Kier molecular flexibility index (Phi) is 8.06. The highest BCUT2D eigenvalue weighted by molar-refractivity contribution is 7.13. The van der Waals surface area contributed by atoms with Gasteiger partial charge in [-0.15, -0.1) is 11.3 Å². The second kappa shape index (κ2) is 10.8. The zero-order chi connectivity index (χ0) is 24.9. The molecule has 0 unspecified atom stereocenters. The molecule has 3 N–H and O–H groups in total. The summed E-state index contributed by atoms with van der Waals surface area (Å²) in [6, 6.07) is 13.1. The number of carboxylic acid groups (broad SMARTS) is 1. The van der Waals surface area contributed by atoms with Crippen LogP contribution in [0.3, 0.4) is 0 Å². The van der Waals surface area contributed by atoms with Crippen molar-refractivity contribution in [1.29, 1.82) is 0 Å². The van der Waals surface area contributed by atoms with Gasteiger partial charge in [-0.2, -0.15) is 0 Å². The van der Waals surface area contributed by atoms with Crippen LogP contribution in [-0.4, -0.2) is 44.4 Å². The highest BCUT2D eigenvalue weighted by Gasteiger charge is 2.39. The first-order chi connectivity index (χ1) is 16.1. The molecule has 2 amide bonds. The molecule has 9 heteroatoms. The lowest BCUT2D eigenvalue weighted by Crippen LogP contribution is -2.58. The standard InChI is InChI=1S/C25H26ClN3O4S/c1-25(2,15-16-3-9-19(26)10-4-16)29(20(22(27)32)11-12-21(30)31)24(33)18-7-5-17(6-8-18)23-28-13-14-34-23/h3-10,13-14,20H,11-12,15H2,1-2H3,(H2,27,32)(H,30,31)/t20-/m0/s1. The summed E-state index contributed by atoms with van der Waals surface area (Å²) in [6.07, 6.45) is 1.74. The molecule has 1 aromatic heterocycles. The Hall–Kier alpha value is -3.23. The number of carboxylic acids is 1. The van der Waals surface area contributed by atoms with Gasteiger partial charge in [0, 0.05) is 39.7 Å². The van der Waals surface area contributed by atoms with E-state index in [1.54, 1.807) is 42.6 Å². The van der Waals surface area contributed by atoms with Gasteiger partial charge in [0.05, 0.1) is 0 Å². The van der Waals surface area contributed by atoms with Crippen molar-refractivity contribution in [2.45, 2.75) is 44.7 Å². The minimum atomic E-state index is -1.09. The van der Waals surface area contributed by atoms with E-state index >= 15 is 0 Å². The predicted octanol–water partition coefficient (Wildman–Crippen LogP) is 4.65. The number of thiazole rings is 1. The minimum Gasteiger partial charge on any atom is -0.481 e. The van der Waals surface area contributed by atoms with Crippen molar-refractivity contribution in [3.8, 4) is 10.6 Å². The van der Waals surface area contributed by atoms with Crippen LogP contribution in [-0.2, 0) is 16.0 Å². The summed E-state index contributed by atoms with van der Waals surface area (Å²) in [6.45, 7) is 3.67. The van der Waals surface area contributed by atoms with E-state index in [1.165, 1.54) is 16.2 Å². The number of aromatic nitrogens is 1. The van der Waals surface area contributed by atoms with Gasteiger partial charge in [0.25, 0.3) is 5.91 Å². The Morgan fingerprint density at radius 2 is 1.76 bits per heavy atom. The summed E-state index contributed by atoms with van der Waals surface area (Å²) in [5, 5.41) is 12.5. The van der Waals surface area contributed by atoms with Gasteiger partial charge in [0.1, 0.15) is 11.0 Å². The van der Waals surface area contributed by atoms with Gasteiger partial charge in [-0.05, 0) is 56.5 Å². The lowest BCUT2D eigenvalue weighted by Gasteiger charge is -2.43. The van der Waals surface area contributed by atoms with Gasteiger partial charge in [-0.25, -0.2) is 4.98 Å². The number of aliphatic carboxylic acids is 1. The molecule has 1 atom stereocenters. The van der Waals surface area contributed by atoms with E-state index in [2.05, 4.69) is 4.98 Å². The first-order valence-corrected chi connectivity index (χ1v) is 11.9. The number of hydrogen-bond acceptors (Lipinski definition) is 5. The van der Waals surface area contributed by atoms with Crippen LogP contribution in [0.1, 0.15) is 42.6 Å². The van der Waals surface area contributed by atoms with Crippen LogP contribution in [0.4, 0.5) is 0 Å². The Balaban J connectivity index is 1.98. The number of rotatable bonds is 10. The van der Waals surface area contributed by atoms with Gasteiger partial charge >= 0.3 is 5.97 Å². The Labute approximate surface area is 207 Å². The van der Waals surface area contributed by atoms with Crippen molar-refractivity contribution >= 4 is 40.7 Å². The Morgan fingerprint density at radius 3 is 2.29 bits per heavy atom. The molecule has 0 aliphatic heterocycles. The molecule has 0 radical (unpaired) electrons. The number of carbonyl (C=O) groups is 3. The van der Waals surface area contributed by atoms with Gasteiger partial charge in [0.2, 0.25) is 5.91 Å². The van der Waals surface area contributed by atoms with Gasteiger partial charge in [0.15, 0.2) is 0 Å². The summed E-state index contributed by atoms with van der Waals surface area (Å²) in [7, 11) is 0. The van der Waals surface area contributed by atoms with Crippen molar-refractivity contribution in [2.24, 2.45) is 5.73 Å². The smallest absolute Gasteiger partial charge is 0.303 e. The average molecular weight is 500 g/mol. The van der Waals surface area contributed by atoms with Crippen molar-refractivity contribution in [3.05, 3.63) is 76.3 Å². The third-order valence-electron chi connectivity index (χ3n) is 5.50. The molecule has 0 aliphatic carbocycles. The Morgan fingerprint density at radius 1 is 1.12 bits per heavy atom. The van der Waals surface area contributed by atoms with Crippen LogP contribution in [0.5, 0.6) is 0 Å². The maximum atomic E-state index is 13.8. The first-order valence-electron chi connectivity index (χ1n) is 10.7. The molecule has 3 rings (SSSR count). The number of carbonyl (C=O) groups excluding carboxylic acids is 2. The minimum absolute atomic E-state index is 0.0857. The van der Waals surface area contributed by atoms with E-state index in [9.17, 15) is 19.5 Å². The number of halogens is 1. The third-order valence-corrected chi connectivity index (χ3v) is 6.58. The lowest BCUT2D eigenvalue weighted by molar-refractivity contribution is -0.137. The molecule has 0 saturated heterocycles. The zero-order valence-electron chi connectivity index (χ0n) is 18.9. The van der Waals surface area contributed by atoms with Crippen LogP contribution >= 0.6 is 22.9 Å². The van der Waals surface area contributed by atoms with E-state index in [4.69, 9.17) is 17.3 Å². The maximum absolute atomic E-state index is 13.8. The molecule has 34 heavy (non-hydrogen) atoms. The molecule has 0 spiro atoms. The maximum Gasteiger partial charge on any atom is 0.303 e. The van der Waals surface area contributed by atoms with Gasteiger partial charge in [-0.1, -0.05) is 35.9 Å². The molecule has 3 aromatic rings. The fourth-order valence-electron chi connectivity index (χ4n) is 3.94. The van der Waals surface area contributed by atoms with Crippen LogP contribution in [0.15, 0.2) is 60.1 Å². The molecule has 178 valence electrons. The van der Waals surface area contributed by atoms with Crippen LogP contribution < -0.4 is 5.73 Å². The van der Waals surface area contributed by atoms with Crippen LogP contribution in [0.25, 0.3) is 10.6 Å². The molecule has 0 bridgehead atoms. The summed E-state index contributed by atoms with van der Waals surface area (Å²) in [4.78, 5) is 43.2. The predicted molar refractivity (Wildman–Crippen MR) is 133 cm³/mol. The van der Waals surface area contributed by atoms with E-state index < -0.39 is 29.4 Å². The normalized spacial score (nSPS) is 12.2. The van der Waals surface area contributed by atoms with Crippen LogP contribution in [0, 0.1) is 0 Å². The second-order valence-electron chi connectivity index (χ2n) is 8.56. The second-order valence-corrected chi connectivity index (χ2v) is 9.89. The quantitative estimate of drug-likeness (QED) is 0.421. The molecular formula is C25H26ClN3O4S. The number of nitrogens with zero attached hydrogens (tertiary/aromatic N) is 2. The highest BCUT2D eigenvalue weighted by Crippen LogP contribution is 2.29. The SMILES string of the molecule is CC(C)(Cc1ccc(Cl)cc1)N(C(=O)c1ccc(-c2nccs2)cc1)[C@@H](CCC(=O)O)C(N)=O. The summed E-state index contributed by atoms with van der Waals surface area (Å²) < 4.78 is 0. The number of primary amides is 1. The van der Waals surface area contributed by atoms with Crippen LogP contribution in [0.2, 0.25) is 5.02 Å². The topological polar surface area (TPSA) is 114 Å². The molecule has 2 aromatic carbocycles. The summed E-state index contributed by atoms with van der Waals surface area (Å²) >= 11 is 7.49. The molecule has 1 heterocycles. The number of nitrogens with two attached hydrogens (primary N) is 1. The lowest BCUT2D eigenvalue weighted by atomic mass is 9.89. The van der Waals surface area contributed by atoms with Crippen molar-refractivity contribution in [2.75, 3.05) is 0 Å². The molecular weight excluding hydrogens is 474 g/mol. The van der Waals surface area contributed by atoms with Crippen molar-refractivity contribution < 1.29 is 19.5 Å². The average Bonchev–Trinajstić information content (AvgIpc) is 3.32. The number of amides is 2. The molecule has 0 saturated carbocycles. The van der Waals surface area contributed by atoms with Crippen molar-refractivity contribution in [1.82, 2.24) is 9.88 Å². The van der Waals surface area contributed by atoms with E-state index in [1.807, 2.05) is 31.4 Å². The van der Waals surface area contributed by atoms with Gasteiger partial charge < -0.3 is 15.7 Å². The largest absolute Gasteiger partial charge is 0.481 e. The van der Waals surface area contributed by atoms with Gasteiger partial charge in [-0.3, -0.25) is 14.4 Å². The molecule has 7 nitrogen and oxygen atoms in total. The molecule has 0 aliphatic rings. The first kappa shape index (κ1) is 25.4. The summed E-state index contributed by atoms with van der Waals surface area (Å²) in [5.41, 5.74) is 6.97. The fraction of sp³-hybridized carbons (Fsp3) is 0.280.